The zero-order valence-electron chi connectivity index (χ0n) is 12.5. The molecule has 1 aromatic rings. The van der Waals surface area contributed by atoms with Gasteiger partial charge in [-0.1, -0.05) is 6.92 Å². The van der Waals surface area contributed by atoms with E-state index < -0.39 is 10.0 Å². The molecule has 0 radical (unpaired) electrons. The van der Waals surface area contributed by atoms with E-state index in [1.54, 1.807) is 11.8 Å². The zero-order valence-corrected chi connectivity index (χ0v) is 13.4. The third kappa shape index (κ3) is 7.00. The van der Waals surface area contributed by atoms with Gasteiger partial charge in [-0.3, -0.25) is 4.68 Å². The van der Waals surface area contributed by atoms with E-state index in [0.717, 1.165) is 13.1 Å². The number of ether oxygens (including phenoxy) is 2. The van der Waals surface area contributed by atoms with E-state index in [-0.39, 0.29) is 11.4 Å². The van der Waals surface area contributed by atoms with Crippen LogP contribution >= 0.6 is 0 Å². The van der Waals surface area contributed by atoms with Crippen LogP contribution in [0.1, 0.15) is 6.92 Å². The molecule has 1 heterocycles. The molecule has 1 rings (SSSR count). The molecule has 0 aliphatic heterocycles. The van der Waals surface area contributed by atoms with Gasteiger partial charge < -0.3 is 14.8 Å². The summed E-state index contributed by atoms with van der Waals surface area (Å²) in [6.45, 7) is 5.72. The average molecular weight is 320 g/mol. The predicted octanol–water partition coefficient (Wildman–Crippen LogP) is -0.566. The summed E-state index contributed by atoms with van der Waals surface area (Å²) in [4.78, 5) is 0.163. The lowest BCUT2D eigenvalue weighted by atomic mass is 10.6. The van der Waals surface area contributed by atoms with Crippen LogP contribution in [0.2, 0.25) is 0 Å². The van der Waals surface area contributed by atoms with E-state index in [0.29, 0.717) is 26.4 Å². The molecule has 0 aromatic carbocycles. The summed E-state index contributed by atoms with van der Waals surface area (Å²) < 4.78 is 38.1. The van der Waals surface area contributed by atoms with E-state index in [9.17, 15) is 8.42 Å². The Balaban J connectivity index is 2.36. The molecule has 0 spiro atoms. The molecule has 8 nitrogen and oxygen atoms in total. The minimum absolute atomic E-state index is 0.163. The van der Waals surface area contributed by atoms with Gasteiger partial charge in [-0.05, 0) is 6.54 Å². The van der Waals surface area contributed by atoms with Crippen LogP contribution in [0.15, 0.2) is 17.3 Å². The van der Waals surface area contributed by atoms with Crippen molar-refractivity contribution in [2.45, 2.75) is 18.4 Å². The molecule has 0 bridgehead atoms. The van der Waals surface area contributed by atoms with E-state index in [1.807, 2.05) is 6.92 Å². The zero-order chi connectivity index (χ0) is 15.6. The minimum Gasteiger partial charge on any atom is -0.382 e. The Labute approximate surface area is 125 Å². The maximum absolute atomic E-state index is 12.0. The SMILES string of the molecule is CCNCCn1cc(S(=O)(=O)NCCOCCOC)cn1. The highest BCUT2D eigenvalue weighted by Crippen LogP contribution is 2.06. The standard InChI is InChI=1S/C12H24N4O4S/c1-3-13-4-6-16-11-12(10-14-16)21(17,18)15-5-7-20-9-8-19-2/h10-11,13,15H,3-9H2,1-2H3. The van der Waals surface area contributed by atoms with Gasteiger partial charge in [-0.25, -0.2) is 13.1 Å². The fraction of sp³-hybridized carbons (Fsp3) is 0.750. The summed E-state index contributed by atoms with van der Waals surface area (Å²) >= 11 is 0. The topological polar surface area (TPSA) is 94.5 Å². The van der Waals surface area contributed by atoms with Crippen LogP contribution in [0, 0.1) is 0 Å². The van der Waals surface area contributed by atoms with E-state index in [1.165, 1.54) is 12.4 Å². The number of nitrogens with zero attached hydrogens (tertiary/aromatic N) is 2. The van der Waals surface area contributed by atoms with Crippen molar-refractivity contribution in [3.63, 3.8) is 0 Å². The van der Waals surface area contributed by atoms with Crippen molar-refractivity contribution < 1.29 is 17.9 Å². The number of rotatable bonds is 12. The molecule has 1 aromatic heterocycles. The molecule has 0 unspecified atom stereocenters. The van der Waals surface area contributed by atoms with Crippen molar-refractivity contribution in [1.29, 1.82) is 0 Å². The molecule has 0 aliphatic rings. The van der Waals surface area contributed by atoms with Crippen LogP contribution in [-0.2, 0) is 26.0 Å². The van der Waals surface area contributed by atoms with Crippen LogP contribution in [0.4, 0.5) is 0 Å². The maximum atomic E-state index is 12.0. The van der Waals surface area contributed by atoms with Gasteiger partial charge in [0, 0.05) is 26.4 Å². The summed E-state index contributed by atoms with van der Waals surface area (Å²) in [7, 11) is -1.94. The summed E-state index contributed by atoms with van der Waals surface area (Å²) in [5.41, 5.74) is 0. The first-order valence-electron chi connectivity index (χ1n) is 6.89. The van der Waals surface area contributed by atoms with Gasteiger partial charge in [-0.15, -0.1) is 0 Å². The fourth-order valence-corrected chi connectivity index (χ4v) is 2.52. The van der Waals surface area contributed by atoms with Crippen molar-refractivity contribution in [2.75, 3.05) is 46.6 Å². The number of hydrogen-bond donors (Lipinski definition) is 2. The Kier molecular flexibility index (Phi) is 8.47. The van der Waals surface area contributed by atoms with Crippen LogP contribution in [0.25, 0.3) is 0 Å². The molecule has 0 saturated carbocycles. The Hall–Kier alpha value is -1.00. The lowest BCUT2D eigenvalue weighted by Crippen LogP contribution is -2.27. The molecular formula is C12H24N4O4S. The minimum atomic E-state index is -3.53. The maximum Gasteiger partial charge on any atom is 0.243 e. The molecule has 0 aliphatic carbocycles. The highest BCUT2D eigenvalue weighted by atomic mass is 32.2. The molecular weight excluding hydrogens is 296 g/mol. The lowest BCUT2D eigenvalue weighted by molar-refractivity contribution is 0.0736. The molecule has 122 valence electrons. The summed E-state index contributed by atoms with van der Waals surface area (Å²) in [5, 5.41) is 7.18. The second-order valence-corrected chi connectivity index (χ2v) is 6.06. The van der Waals surface area contributed by atoms with Crippen LogP contribution < -0.4 is 10.0 Å². The van der Waals surface area contributed by atoms with E-state index in [2.05, 4.69) is 15.1 Å². The predicted molar refractivity (Wildman–Crippen MR) is 78.7 cm³/mol. The third-order valence-corrected chi connectivity index (χ3v) is 4.07. The summed E-state index contributed by atoms with van der Waals surface area (Å²) in [5.74, 6) is 0. The Morgan fingerprint density at radius 1 is 1.29 bits per heavy atom. The Bertz CT molecular complexity index is 489. The smallest absolute Gasteiger partial charge is 0.243 e. The second kappa shape index (κ2) is 9.85. The van der Waals surface area contributed by atoms with E-state index >= 15 is 0 Å². The van der Waals surface area contributed by atoms with Gasteiger partial charge in [-0.2, -0.15) is 5.10 Å². The highest BCUT2D eigenvalue weighted by Gasteiger charge is 2.15. The second-order valence-electron chi connectivity index (χ2n) is 4.30. The van der Waals surface area contributed by atoms with Gasteiger partial charge in [0.15, 0.2) is 0 Å². The van der Waals surface area contributed by atoms with Crippen molar-refractivity contribution >= 4 is 10.0 Å². The highest BCUT2D eigenvalue weighted by molar-refractivity contribution is 7.89. The molecule has 0 amide bonds. The Morgan fingerprint density at radius 3 is 2.81 bits per heavy atom. The van der Waals surface area contributed by atoms with Gasteiger partial charge in [0.05, 0.1) is 32.6 Å². The van der Waals surface area contributed by atoms with Crippen LogP contribution in [-0.4, -0.2) is 64.8 Å². The van der Waals surface area contributed by atoms with Crippen molar-refractivity contribution in [3.05, 3.63) is 12.4 Å². The number of methoxy groups -OCH3 is 1. The fourth-order valence-electron chi connectivity index (χ4n) is 1.55. The Morgan fingerprint density at radius 2 is 2.10 bits per heavy atom. The first kappa shape index (κ1) is 18.1. The molecule has 0 saturated heterocycles. The average Bonchev–Trinajstić information content (AvgIpc) is 2.93. The van der Waals surface area contributed by atoms with Crippen molar-refractivity contribution in [3.8, 4) is 0 Å². The van der Waals surface area contributed by atoms with E-state index in [4.69, 9.17) is 9.47 Å². The van der Waals surface area contributed by atoms with Gasteiger partial charge >= 0.3 is 0 Å². The monoisotopic (exact) mass is 320 g/mol. The van der Waals surface area contributed by atoms with Crippen molar-refractivity contribution in [1.82, 2.24) is 19.8 Å². The van der Waals surface area contributed by atoms with Gasteiger partial charge in [0.1, 0.15) is 4.90 Å². The molecule has 2 N–H and O–H groups in total. The number of aromatic nitrogens is 2. The summed E-state index contributed by atoms with van der Waals surface area (Å²) in [6, 6.07) is 0. The van der Waals surface area contributed by atoms with Gasteiger partial charge in [0.2, 0.25) is 10.0 Å². The normalized spacial score (nSPS) is 11.9. The third-order valence-electron chi connectivity index (χ3n) is 2.66. The molecule has 0 fully saturated rings. The lowest BCUT2D eigenvalue weighted by Gasteiger charge is -2.05. The largest absolute Gasteiger partial charge is 0.382 e. The number of nitrogens with one attached hydrogen (secondary N) is 2. The van der Waals surface area contributed by atoms with Crippen LogP contribution in [0.3, 0.4) is 0 Å². The first-order chi connectivity index (χ1) is 10.1. The van der Waals surface area contributed by atoms with Crippen molar-refractivity contribution in [2.24, 2.45) is 0 Å². The van der Waals surface area contributed by atoms with Gasteiger partial charge in [0.25, 0.3) is 0 Å². The molecule has 9 heteroatoms. The van der Waals surface area contributed by atoms with Crippen LogP contribution in [0.5, 0.6) is 0 Å². The quantitative estimate of drug-likeness (QED) is 0.501. The molecule has 0 atom stereocenters. The number of sulfonamides is 1. The first-order valence-corrected chi connectivity index (χ1v) is 8.38. The number of hydrogen-bond acceptors (Lipinski definition) is 6. The molecule has 21 heavy (non-hydrogen) atoms. The summed E-state index contributed by atoms with van der Waals surface area (Å²) in [6.07, 6.45) is 2.87. The number of likely N-dealkylation sites (N-methyl/N-ethyl adjacent to an activating group) is 1.